The fraction of sp³-hybridized carbons (Fsp3) is 0.692. The van der Waals surface area contributed by atoms with Crippen molar-refractivity contribution in [1.82, 2.24) is 20.0 Å². The average Bonchev–Trinajstić information content (AvgIpc) is 3.02. The number of guanidine groups is 1. The van der Waals surface area contributed by atoms with Gasteiger partial charge in [0.05, 0.1) is 12.7 Å². The summed E-state index contributed by atoms with van der Waals surface area (Å²) in [5.41, 5.74) is 6.96. The average molecular weight is 392 g/mol. The molecular formula is C13H25IN6. The van der Waals surface area contributed by atoms with Crippen molar-refractivity contribution in [3.63, 3.8) is 0 Å². The molecule has 0 radical (unpaired) electrons. The highest BCUT2D eigenvalue weighted by molar-refractivity contribution is 14.0. The van der Waals surface area contributed by atoms with Crippen LogP contribution in [0.1, 0.15) is 25.3 Å². The van der Waals surface area contributed by atoms with E-state index in [0.29, 0.717) is 18.5 Å². The normalized spacial score (nSPS) is 19.9. The summed E-state index contributed by atoms with van der Waals surface area (Å²) in [7, 11) is 1.90. The number of likely N-dealkylation sites (N-methyl/N-ethyl adjacent to an activating group) is 1. The third-order valence-corrected chi connectivity index (χ3v) is 3.61. The molecule has 1 aromatic heterocycles. The van der Waals surface area contributed by atoms with Crippen LogP contribution < -0.4 is 11.1 Å². The minimum atomic E-state index is 0. The van der Waals surface area contributed by atoms with E-state index in [0.717, 1.165) is 18.7 Å². The van der Waals surface area contributed by atoms with Crippen molar-refractivity contribution < 1.29 is 0 Å². The Morgan fingerprint density at radius 1 is 1.60 bits per heavy atom. The molecule has 1 unspecified atom stereocenters. The molecule has 2 rings (SSSR count). The number of nitrogens with two attached hydrogens (primary N) is 1. The van der Waals surface area contributed by atoms with E-state index >= 15 is 0 Å². The van der Waals surface area contributed by atoms with Gasteiger partial charge in [-0.05, 0) is 25.9 Å². The van der Waals surface area contributed by atoms with E-state index in [1.165, 1.54) is 19.4 Å². The van der Waals surface area contributed by atoms with Crippen LogP contribution in [0.3, 0.4) is 0 Å². The van der Waals surface area contributed by atoms with Crippen LogP contribution in [-0.2, 0) is 13.6 Å². The Bertz CT molecular complexity index is 430. The zero-order chi connectivity index (χ0) is 13.7. The molecule has 0 aromatic carbocycles. The first-order valence-corrected chi connectivity index (χ1v) is 6.94. The topological polar surface area (TPSA) is 71.5 Å². The molecule has 2 heterocycles. The molecule has 1 fully saturated rings. The van der Waals surface area contributed by atoms with Crippen molar-refractivity contribution in [3.05, 3.63) is 18.0 Å². The first-order valence-electron chi connectivity index (χ1n) is 6.94. The van der Waals surface area contributed by atoms with Crippen LogP contribution in [0.2, 0.25) is 0 Å². The van der Waals surface area contributed by atoms with Gasteiger partial charge in [0.15, 0.2) is 5.96 Å². The van der Waals surface area contributed by atoms with Crippen LogP contribution in [0.15, 0.2) is 17.4 Å². The van der Waals surface area contributed by atoms with E-state index < -0.39 is 0 Å². The SMILES string of the molecule is CCN1CCCC1CNC(N)=NCc1cnn(C)c1.I. The van der Waals surface area contributed by atoms with Gasteiger partial charge >= 0.3 is 0 Å². The highest BCUT2D eigenvalue weighted by atomic mass is 127. The van der Waals surface area contributed by atoms with Crippen molar-refractivity contribution in [2.45, 2.75) is 32.4 Å². The highest BCUT2D eigenvalue weighted by Gasteiger charge is 2.22. The number of nitrogens with zero attached hydrogens (tertiary/aromatic N) is 4. The van der Waals surface area contributed by atoms with E-state index in [1.807, 2.05) is 19.4 Å². The third kappa shape index (κ3) is 4.93. The van der Waals surface area contributed by atoms with Gasteiger partial charge in [0.1, 0.15) is 0 Å². The molecule has 0 saturated carbocycles. The fourth-order valence-corrected chi connectivity index (χ4v) is 2.55. The summed E-state index contributed by atoms with van der Waals surface area (Å²) in [5.74, 6) is 0.520. The Kier molecular flexibility index (Phi) is 7.28. The maximum Gasteiger partial charge on any atom is 0.188 e. The van der Waals surface area contributed by atoms with E-state index in [2.05, 4.69) is 27.2 Å². The van der Waals surface area contributed by atoms with Crippen molar-refractivity contribution in [1.29, 1.82) is 0 Å². The van der Waals surface area contributed by atoms with Gasteiger partial charge in [-0.3, -0.25) is 9.58 Å². The number of hydrogen-bond donors (Lipinski definition) is 2. The molecule has 3 N–H and O–H groups in total. The Hall–Kier alpha value is -0.830. The number of nitrogens with one attached hydrogen (secondary N) is 1. The summed E-state index contributed by atoms with van der Waals surface area (Å²) in [6.07, 6.45) is 6.29. The highest BCUT2D eigenvalue weighted by Crippen LogP contribution is 2.15. The van der Waals surface area contributed by atoms with E-state index in [4.69, 9.17) is 5.73 Å². The van der Waals surface area contributed by atoms with Crippen LogP contribution in [-0.4, -0.2) is 46.3 Å². The van der Waals surface area contributed by atoms with Crippen LogP contribution in [0.5, 0.6) is 0 Å². The molecule has 1 aliphatic rings. The molecule has 6 nitrogen and oxygen atoms in total. The van der Waals surface area contributed by atoms with E-state index in [9.17, 15) is 0 Å². The largest absolute Gasteiger partial charge is 0.370 e. The van der Waals surface area contributed by atoms with Crippen LogP contribution in [0.25, 0.3) is 0 Å². The number of hydrogen-bond acceptors (Lipinski definition) is 3. The molecule has 0 aliphatic carbocycles. The summed E-state index contributed by atoms with van der Waals surface area (Å²) < 4.78 is 1.77. The molecule has 20 heavy (non-hydrogen) atoms. The lowest BCUT2D eigenvalue weighted by atomic mass is 10.2. The Labute approximate surface area is 137 Å². The van der Waals surface area contributed by atoms with E-state index in [-0.39, 0.29) is 24.0 Å². The minimum Gasteiger partial charge on any atom is -0.370 e. The Balaban J connectivity index is 0.00000200. The Morgan fingerprint density at radius 3 is 3.05 bits per heavy atom. The number of rotatable bonds is 5. The molecular weight excluding hydrogens is 367 g/mol. The van der Waals surface area contributed by atoms with Gasteiger partial charge in [-0.1, -0.05) is 6.92 Å². The lowest BCUT2D eigenvalue weighted by Gasteiger charge is -2.23. The van der Waals surface area contributed by atoms with Crippen molar-refractivity contribution in [2.75, 3.05) is 19.6 Å². The molecule has 1 aromatic rings. The lowest BCUT2D eigenvalue weighted by molar-refractivity contribution is 0.267. The molecule has 7 heteroatoms. The molecule has 0 amide bonds. The smallest absolute Gasteiger partial charge is 0.188 e. The standard InChI is InChI=1S/C13H24N6.HI/c1-3-19-6-4-5-12(19)9-16-13(14)15-7-11-8-17-18(2)10-11;/h8,10,12H,3-7,9H2,1-2H3,(H3,14,15,16);1H. The molecule has 0 spiro atoms. The lowest BCUT2D eigenvalue weighted by Crippen LogP contribution is -2.42. The second-order valence-corrected chi connectivity index (χ2v) is 5.03. The van der Waals surface area contributed by atoms with Crippen LogP contribution in [0, 0.1) is 0 Å². The first kappa shape index (κ1) is 17.2. The minimum absolute atomic E-state index is 0. The summed E-state index contributed by atoms with van der Waals surface area (Å²) in [5, 5.41) is 7.33. The summed E-state index contributed by atoms with van der Waals surface area (Å²) in [6, 6.07) is 0.595. The summed E-state index contributed by atoms with van der Waals surface area (Å²) in [4.78, 5) is 6.82. The second-order valence-electron chi connectivity index (χ2n) is 5.03. The van der Waals surface area contributed by atoms with Gasteiger partial charge in [0.2, 0.25) is 0 Å². The second kappa shape index (κ2) is 8.46. The summed E-state index contributed by atoms with van der Waals surface area (Å²) in [6.45, 7) is 5.98. The molecule has 1 aliphatic heterocycles. The zero-order valence-electron chi connectivity index (χ0n) is 12.2. The van der Waals surface area contributed by atoms with Gasteiger partial charge in [0.25, 0.3) is 0 Å². The molecule has 0 bridgehead atoms. The number of aliphatic imine (C=N–C) groups is 1. The number of likely N-dealkylation sites (tertiary alicyclic amines) is 1. The first-order chi connectivity index (χ1) is 9.19. The van der Waals surface area contributed by atoms with Gasteiger partial charge < -0.3 is 11.1 Å². The maximum absolute atomic E-state index is 5.89. The number of aryl methyl sites for hydroxylation is 1. The number of halogens is 1. The van der Waals surface area contributed by atoms with Gasteiger partial charge in [0, 0.05) is 31.4 Å². The van der Waals surface area contributed by atoms with Gasteiger partial charge in [-0.2, -0.15) is 5.10 Å². The molecule has 1 saturated heterocycles. The predicted molar refractivity (Wildman–Crippen MR) is 92.2 cm³/mol. The fourth-order valence-electron chi connectivity index (χ4n) is 2.55. The van der Waals surface area contributed by atoms with Crippen LogP contribution >= 0.6 is 24.0 Å². The predicted octanol–water partition coefficient (Wildman–Crippen LogP) is 0.927. The maximum atomic E-state index is 5.89. The Morgan fingerprint density at radius 2 is 2.40 bits per heavy atom. The van der Waals surface area contributed by atoms with Crippen molar-refractivity contribution in [2.24, 2.45) is 17.8 Å². The quantitative estimate of drug-likeness (QED) is 0.444. The zero-order valence-corrected chi connectivity index (χ0v) is 14.6. The summed E-state index contributed by atoms with van der Waals surface area (Å²) >= 11 is 0. The van der Waals surface area contributed by atoms with Crippen molar-refractivity contribution >= 4 is 29.9 Å². The van der Waals surface area contributed by atoms with E-state index in [1.54, 1.807) is 4.68 Å². The van der Waals surface area contributed by atoms with Crippen molar-refractivity contribution in [3.8, 4) is 0 Å². The molecule has 1 atom stereocenters. The third-order valence-electron chi connectivity index (χ3n) is 3.61. The monoisotopic (exact) mass is 392 g/mol. The molecule has 114 valence electrons. The van der Waals surface area contributed by atoms with Gasteiger partial charge in [-0.25, -0.2) is 4.99 Å². The van der Waals surface area contributed by atoms with Crippen LogP contribution in [0.4, 0.5) is 0 Å². The number of aromatic nitrogens is 2. The van der Waals surface area contributed by atoms with Gasteiger partial charge in [-0.15, -0.1) is 24.0 Å².